The number of hydrogen-bond donors (Lipinski definition) is 2. The van der Waals surface area contributed by atoms with Crippen LogP contribution in [0.5, 0.6) is 0 Å². The maximum Gasteiger partial charge on any atom is 0.297 e. The number of aromatic nitrogens is 1. The Morgan fingerprint density at radius 2 is 2.18 bits per heavy atom. The second kappa shape index (κ2) is 7.67. The molecule has 8 heteroatoms. The Morgan fingerprint density at radius 1 is 1.41 bits per heavy atom. The van der Waals surface area contributed by atoms with Crippen LogP contribution < -0.4 is 15.5 Å². The van der Waals surface area contributed by atoms with Crippen LogP contribution in [0.3, 0.4) is 0 Å². The summed E-state index contributed by atoms with van der Waals surface area (Å²) in [7, 11) is 3.75. The van der Waals surface area contributed by atoms with Crippen LogP contribution in [0.15, 0.2) is 22.6 Å². The highest BCUT2D eigenvalue weighted by molar-refractivity contribution is 5.94. The van der Waals surface area contributed by atoms with E-state index in [2.05, 4.69) is 15.6 Å². The predicted molar refractivity (Wildman–Crippen MR) is 92.4 cm³/mol. The number of carbonyl (C=O) groups excluding carboxylic acids is 1. The molecule has 0 spiro atoms. The molecule has 0 bridgehead atoms. The van der Waals surface area contributed by atoms with E-state index in [0.717, 1.165) is 30.7 Å². The lowest BCUT2D eigenvalue weighted by atomic mass is 10.1. The minimum atomic E-state index is 0. The van der Waals surface area contributed by atoms with Crippen LogP contribution in [0.2, 0.25) is 0 Å². The van der Waals surface area contributed by atoms with Gasteiger partial charge in [-0.2, -0.15) is 4.98 Å². The minimum Gasteiger partial charge on any atom is -0.423 e. The van der Waals surface area contributed by atoms with Crippen LogP contribution in [-0.2, 0) is 4.79 Å². The fraction of sp³-hybridized carbons (Fsp3) is 0.429. The highest BCUT2D eigenvalue weighted by Crippen LogP contribution is 2.24. The van der Waals surface area contributed by atoms with Crippen molar-refractivity contribution >= 4 is 53.5 Å². The van der Waals surface area contributed by atoms with Crippen LogP contribution in [0.4, 0.5) is 11.7 Å². The number of amides is 1. The molecule has 0 aliphatic carbocycles. The first-order chi connectivity index (χ1) is 9.63. The topological polar surface area (TPSA) is 70.4 Å². The molecule has 1 aromatic heterocycles. The zero-order chi connectivity index (χ0) is 14.1. The Balaban J connectivity index is 0.00000121. The lowest BCUT2D eigenvalue weighted by Crippen LogP contribution is -2.24. The smallest absolute Gasteiger partial charge is 0.297 e. The van der Waals surface area contributed by atoms with E-state index >= 15 is 0 Å². The standard InChI is InChI=1S/C14H18N4O2.2ClH/c1-18(2)14-17-11-7-10(3-4-12(11)20-14)16-13(19)9-5-6-15-8-9;;/h3-4,7,9,15H,5-6,8H2,1-2H3,(H,16,19);2*1H. The Hall–Kier alpha value is -1.50. The van der Waals surface area contributed by atoms with E-state index in [1.54, 1.807) is 0 Å². The average molecular weight is 347 g/mol. The number of nitrogens with one attached hydrogen (secondary N) is 2. The Morgan fingerprint density at radius 3 is 2.82 bits per heavy atom. The molecule has 122 valence electrons. The van der Waals surface area contributed by atoms with Gasteiger partial charge in [-0.15, -0.1) is 24.8 Å². The molecule has 1 unspecified atom stereocenters. The molecule has 3 rings (SSSR count). The van der Waals surface area contributed by atoms with Crippen molar-refractivity contribution < 1.29 is 9.21 Å². The Labute approximate surface area is 141 Å². The first-order valence-corrected chi connectivity index (χ1v) is 6.73. The molecule has 1 fully saturated rings. The third kappa shape index (κ3) is 3.82. The molecule has 6 nitrogen and oxygen atoms in total. The first kappa shape index (κ1) is 18.5. The van der Waals surface area contributed by atoms with E-state index in [1.165, 1.54) is 0 Å². The second-order valence-electron chi connectivity index (χ2n) is 5.25. The highest BCUT2D eigenvalue weighted by atomic mass is 35.5. The van der Waals surface area contributed by atoms with Crippen molar-refractivity contribution in [2.45, 2.75) is 6.42 Å². The van der Waals surface area contributed by atoms with Crippen molar-refractivity contribution in [3.8, 4) is 0 Å². The quantitative estimate of drug-likeness (QED) is 0.892. The molecule has 2 heterocycles. The number of hydrogen-bond acceptors (Lipinski definition) is 5. The van der Waals surface area contributed by atoms with Gasteiger partial charge in [-0.05, 0) is 31.2 Å². The maximum atomic E-state index is 12.1. The lowest BCUT2D eigenvalue weighted by molar-refractivity contribution is -0.119. The third-order valence-electron chi connectivity index (χ3n) is 3.46. The van der Waals surface area contributed by atoms with Gasteiger partial charge in [0.1, 0.15) is 5.52 Å². The number of fused-ring (bicyclic) bond motifs is 1. The largest absolute Gasteiger partial charge is 0.423 e. The molecular weight excluding hydrogens is 327 g/mol. The van der Waals surface area contributed by atoms with Crippen molar-refractivity contribution in [1.29, 1.82) is 0 Å². The summed E-state index contributed by atoms with van der Waals surface area (Å²) >= 11 is 0. The van der Waals surface area contributed by atoms with Gasteiger partial charge in [-0.1, -0.05) is 0 Å². The molecule has 1 saturated heterocycles. The predicted octanol–water partition coefficient (Wildman–Crippen LogP) is 2.29. The molecule has 0 saturated carbocycles. The summed E-state index contributed by atoms with van der Waals surface area (Å²) in [6.45, 7) is 1.66. The number of halogens is 2. The third-order valence-corrected chi connectivity index (χ3v) is 3.46. The molecule has 1 aliphatic heterocycles. The molecule has 1 aliphatic rings. The molecule has 1 amide bonds. The molecule has 0 radical (unpaired) electrons. The fourth-order valence-corrected chi connectivity index (χ4v) is 2.31. The van der Waals surface area contributed by atoms with Crippen molar-refractivity contribution in [3.05, 3.63) is 18.2 Å². The number of oxazole rings is 1. The van der Waals surface area contributed by atoms with Gasteiger partial charge in [-0.3, -0.25) is 4.79 Å². The fourth-order valence-electron chi connectivity index (χ4n) is 2.31. The van der Waals surface area contributed by atoms with E-state index in [0.29, 0.717) is 11.6 Å². The number of anilines is 2. The zero-order valence-corrected chi connectivity index (χ0v) is 14.1. The van der Waals surface area contributed by atoms with Gasteiger partial charge in [0.2, 0.25) is 5.91 Å². The summed E-state index contributed by atoms with van der Waals surface area (Å²) in [4.78, 5) is 18.2. The number of carbonyl (C=O) groups is 1. The Kier molecular flexibility index (Phi) is 6.47. The molecule has 2 aromatic rings. The monoisotopic (exact) mass is 346 g/mol. The summed E-state index contributed by atoms with van der Waals surface area (Å²) in [5.74, 6) is 0.117. The number of benzene rings is 1. The second-order valence-corrected chi connectivity index (χ2v) is 5.25. The van der Waals surface area contributed by atoms with Crippen LogP contribution in [0, 0.1) is 5.92 Å². The summed E-state index contributed by atoms with van der Waals surface area (Å²) in [5, 5.41) is 6.13. The van der Waals surface area contributed by atoms with Crippen LogP contribution in [0.25, 0.3) is 11.1 Å². The lowest BCUT2D eigenvalue weighted by Gasteiger charge is -2.09. The summed E-state index contributed by atoms with van der Waals surface area (Å²) in [6.07, 6.45) is 0.892. The van der Waals surface area contributed by atoms with Crippen molar-refractivity contribution in [2.75, 3.05) is 37.4 Å². The number of nitrogens with zero attached hydrogens (tertiary/aromatic N) is 2. The van der Waals surface area contributed by atoms with Crippen LogP contribution in [-0.4, -0.2) is 38.1 Å². The Bertz CT molecular complexity index is 639. The average Bonchev–Trinajstić information content (AvgIpc) is 3.07. The highest BCUT2D eigenvalue weighted by Gasteiger charge is 2.22. The van der Waals surface area contributed by atoms with Gasteiger partial charge in [-0.25, -0.2) is 0 Å². The van der Waals surface area contributed by atoms with Gasteiger partial charge in [0.05, 0.1) is 5.92 Å². The molecule has 1 atom stereocenters. The van der Waals surface area contributed by atoms with Gasteiger partial charge < -0.3 is 20.0 Å². The molecule has 22 heavy (non-hydrogen) atoms. The number of rotatable bonds is 3. The SMILES string of the molecule is CN(C)c1nc2cc(NC(=O)C3CCNC3)ccc2o1.Cl.Cl. The molecule has 1 aromatic carbocycles. The first-order valence-electron chi connectivity index (χ1n) is 6.73. The summed E-state index contributed by atoms with van der Waals surface area (Å²) < 4.78 is 5.58. The van der Waals surface area contributed by atoms with Gasteiger partial charge in [0.25, 0.3) is 6.01 Å². The minimum absolute atomic E-state index is 0. The zero-order valence-electron chi connectivity index (χ0n) is 12.5. The summed E-state index contributed by atoms with van der Waals surface area (Å²) in [5.41, 5.74) is 2.22. The van der Waals surface area contributed by atoms with Gasteiger partial charge in [0, 0.05) is 26.3 Å². The van der Waals surface area contributed by atoms with Gasteiger partial charge in [0.15, 0.2) is 5.58 Å². The normalized spacial score (nSPS) is 16.7. The molecule has 2 N–H and O–H groups in total. The van der Waals surface area contributed by atoms with E-state index in [-0.39, 0.29) is 36.6 Å². The van der Waals surface area contributed by atoms with Crippen LogP contribution in [0.1, 0.15) is 6.42 Å². The molecular formula is C14H20Cl2N4O2. The van der Waals surface area contributed by atoms with E-state index in [4.69, 9.17) is 4.42 Å². The van der Waals surface area contributed by atoms with Crippen LogP contribution >= 0.6 is 24.8 Å². The maximum absolute atomic E-state index is 12.1. The van der Waals surface area contributed by atoms with E-state index < -0.39 is 0 Å². The van der Waals surface area contributed by atoms with E-state index in [1.807, 2.05) is 37.2 Å². The van der Waals surface area contributed by atoms with Gasteiger partial charge >= 0.3 is 0 Å². The van der Waals surface area contributed by atoms with Crippen molar-refractivity contribution in [3.63, 3.8) is 0 Å². The van der Waals surface area contributed by atoms with Crippen molar-refractivity contribution in [2.24, 2.45) is 5.92 Å². The van der Waals surface area contributed by atoms with E-state index in [9.17, 15) is 4.79 Å². The summed E-state index contributed by atoms with van der Waals surface area (Å²) in [6, 6.07) is 6.07. The van der Waals surface area contributed by atoms with Crippen molar-refractivity contribution in [1.82, 2.24) is 10.3 Å².